The third-order valence-corrected chi connectivity index (χ3v) is 9.20. The van der Waals surface area contributed by atoms with E-state index in [1.165, 1.54) is 18.3 Å². The zero-order chi connectivity index (χ0) is 44.4. The number of aliphatic hydroxyl groups excluding tert-OH is 1. The minimum absolute atomic E-state index is 0.0370. The van der Waals surface area contributed by atoms with Gasteiger partial charge in [0.15, 0.2) is 11.2 Å². The molecule has 0 aliphatic rings. The number of esters is 1. The van der Waals surface area contributed by atoms with Gasteiger partial charge in [0, 0.05) is 48.7 Å². The summed E-state index contributed by atoms with van der Waals surface area (Å²) in [4.78, 5) is 18.9. The van der Waals surface area contributed by atoms with Crippen molar-refractivity contribution in [3.63, 3.8) is 0 Å². The molecule has 15 nitrogen and oxygen atoms in total. The summed E-state index contributed by atoms with van der Waals surface area (Å²) in [5.41, 5.74) is -8.65. The second kappa shape index (κ2) is 19.4. The number of carbonyl (C=O) groups excluding carboxylic acids is 1. The van der Waals surface area contributed by atoms with Gasteiger partial charge in [-0.25, -0.2) is 26.9 Å². The van der Waals surface area contributed by atoms with Crippen LogP contribution in [0.3, 0.4) is 0 Å². The van der Waals surface area contributed by atoms with Crippen LogP contribution in [-0.4, -0.2) is 84.9 Å². The Morgan fingerprint density at radius 1 is 0.689 bits per heavy atom. The molecule has 6 rings (SSSR count). The molecule has 0 saturated carbocycles. The first-order valence-corrected chi connectivity index (χ1v) is 18.2. The maximum Gasteiger partial charge on any atom is 0.323 e. The Morgan fingerprint density at radius 2 is 1.15 bits per heavy atom. The van der Waals surface area contributed by atoms with Crippen LogP contribution in [0.25, 0.3) is 0 Å². The highest BCUT2D eigenvalue weighted by Crippen LogP contribution is 2.48. The van der Waals surface area contributed by atoms with E-state index in [0.717, 1.165) is 64.6 Å². The Hall–Kier alpha value is -6.33. The molecule has 0 spiro atoms. The fourth-order valence-corrected chi connectivity index (χ4v) is 6.03. The topological polar surface area (TPSA) is 200 Å². The second-order valence-electron chi connectivity index (χ2n) is 13.4. The smallest absolute Gasteiger partial charge is 0.323 e. The lowest BCUT2D eigenvalue weighted by Gasteiger charge is -2.35. The number of aromatic nitrogens is 10. The monoisotopic (exact) mass is 864 g/mol. The molecular weight excluding hydrogens is 828 g/mol. The predicted octanol–water partition coefficient (Wildman–Crippen LogP) is 4.47. The molecule has 4 heterocycles. The predicted molar refractivity (Wildman–Crippen MR) is 193 cm³/mol. The van der Waals surface area contributed by atoms with Crippen LogP contribution in [-0.2, 0) is 58.5 Å². The van der Waals surface area contributed by atoms with Gasteiger partial charge < -0.3 is 20.1 Å². The molecule has 0 amide bonds. The molecule has 0 radical (unpaired) electrons. The number of pyridine rings is 2. The van der Waals surface area contributed by atoms with E-state index in [9.17, 15) is 32.6 Å². The van der Waals surface area contributed by atoms with Crippen molar-refractivity contribution in [2.24, 2.45) is 0 Å². The Labute approximate surface area is 340 Å². The molecule has 61 heavy (non-hydrogen) atoms. The van der Waals surface area contributed by atoms with Gasteiger partial charge in [-0.05, 0) is 94.6 Å². The van der Waals surface area contributed by atoms with Gasteiger partial charge >= 0.3 is 17.8 Å². The fourth-order valence-electron chi connectivity index (χ4n) is 6.03. The first-order valence-electron chi connectivity index (χ1n) is 18.2. The Bertz CT molecular complexity index is 2350. The molecule has 0 aliphatic carbocycles. The Morgan fingerprint density at radius 3 is 1.51 bits per heavy atom. The number of nitrogens with zero attached hydrogens (tertiary/aromatic N) is 10. The highest BCUT2D eigenvalue weighted by Gasteiger charge is 2.59. The number of rotatable bonds is 17. The number of aliphatic hydroxyl groups is 3. The number of hydrogen-bond donors (Lipinski definition) is 3. The number of carbonyl (C=O) groups is 1. The summed E-state index contributed by atoms with van der Waals surface area (Å²) in [6, 6.07) is 8.47. The third kappa shape index (κ3) is 10.3. The highest BCUT2D eigenvalue weighted by atomic mass is 19.3. The van der Waals surface area contributed by atoms with E-state index < -0.39 is 87.9 Å². The lowest BCUT2D eigenvalue weighted by Crippen LogP contribution is -2.48. The number of aryl methyl sites for hydroxylation is 2. The number of ether oxygens (including phenoxy) is 1. The maximum absolute atomic E-state index is 15.6. The van der Waals surface area contributed by atoms with Crippen LogP contribution in [0.1, 0.15) is 53.4 Å². The van der Waals surface area contributed by atoms with E-state index in [1.54, 1.807) is 6.92 Å². The van der Waals surface area contributed by atoms with E-state index in [-0.39, 0.29) is 26.1 Å². The van der Waals surface area contributed by atoms with Crippen molar-refractivity contribution in [3.05, 3.63) is 143 Å². The van der Waals surface area contributed by atoms with Crippen LogP contribution in [0.15, 0.2) is 85.7 Å². The highest BCUT2D eigenvalue weighted by molar-refractivity contribution is 5.69. The van der Waals surface area contributed by atoms with E-state index in [0.29, 0.717) is 36.1 Å². The molecular formula is C38H36F8N10O5. The molecule has 0 saturated heterocycles. The first kappa shape index (κ1) is 45.7. The van der Waals surface area contributed by atoms with Gasteiger partial charge in [0.1, 0.15) is 47.3 Å². The van der Waals surface area contributed by atoms with E-state index >= 15 is 17.6 Å². The largest absolute Gasteiger partial charge is 0.466 e. The van der Waals surface area contributed by atoms with Crippen LogP contribution in [0.2, 0.25) is 0 Å². The van der Waals surface area contributed by atoms with Crippen LogP contribution < -0.4 is 0 Å². The van der Waals surface area contributed by atoms with Gasteiger partial charge in [0.25, 0.3) is 0 Å². The van der Waals surface area contributed by atoms with Crippen molar-refractivity contribution in [1.29, 1.82) is 0 Å². The van der Waals surface area contributed by atoms with E-state index in [1.807, 2.05) is 0 Å². The second-order valence-corrected chi connectivity index (χ2v) is 13.4. The summed E-state index contributed by atoms with van der Waals surface area (Å²) in [5.74, 6) is -13.4. The quantitative estimate of drug-likeness (QED) is 0.0858. The molecule has 4 aromatic heterocycles. The molecule has 0 aliphatic heterocycles. The molecule has 2 aromatic carbocycles. The van der Waals surface area contributed by atoms with Gasteiger partial charge in [-0.15, -0.1) is 10.2 Å². The minimum atomic E-state index is -4.14. The lowest BCUT2D eigenvalue weighted by atomic mass is 9.84. The van der Waals surface area contributed by atoms with Crippen LogP contribution in [0.5, 0.6) is 0 Å². The molecule has 2 unspecified atom stereocenters. The maximum atomic E-state index is 15.6. The summed E-state index contributed by atoms with van der Waals surface area (Å²) in [7, 11) is 0. The molecule has 0 fully saturated rings. The van der Waals surface area contributed by atoms with Crippen LogP contribution in [0, 0.1) is 23.3 Å². The van der Waals surface area contributed by atoms with Crippen molar-refractivity contribution in [1.82, 2.24) is 50.4 Å². The summed E-state index contributed by atoms with van der Waals surface area (Å²) in [6.07, 6.45) is 5.37. The Balaban J connectivity index is 0.000000232. The first-order chi connectivity index (χ1) is 28.9. The van der Waals surface area contributed by atoms with Crippen molar-refractivity contribution in [2.45, 2.75) is 68.7 Å². The molecule has 3 N–H and O–H groups in total. The average molecular weight is 865 g/mol. The average Bonchev–Trinajstić information content (AvgIpc) is 3.94. The zero-order valence-electron chi connectivity index (χ0n) is 31.9. The third-order valence-electron chi connectivity index (χ3n) is 9.20. The number of halogens is 8. The molecule has 324 valence electrons. The molecule has 6 aromatic rings. The SMILES string of the molecule is CCOC(=O)CCc1ccc(C(F)(F)C(O)(Cn2cnnn2)c2ccc(F)cc2F)nc1.OCCCc1ccc(C(F)(F)C(O)(Cn2cnnn2)c2ccc(F)cc2F)nc1. The van der Waals surface area contributed by atoms with Crippen LogP contribution >= 0.6 is 0 Å². The Kier molecular flexibility index (Phi) is 14.5. The number of hydrogen-bond acceptors (Lipinski definition) is 13. The fraction of sp³-hybridized carbons (Fsp3) is 0.342. The van der Waals surface area contributed by atoms with Gasteiger partial charge in [0.2, 0.25) is 0 Å². The van der Waals surface area contributed by atoms with Crippen molar-refractivity contribution in [3.8, 4) is 0 Å². The summed E-state index contributed by atoms with van der Waals surface area (Å²) in [6.45, 7) is -0.0301. The van der Waals surface area contributed by atoms with Crippen LogP contribution in [0.4, 0.5) is 35.1 Å². The summed E-state index contributed by atoms with van der Waals surface area (Å²) < 4.78 is 124. The van der Waals surface area contributed by atoms with Gasteiger partial charge in [-0.2, -0.15) is 17.6 Å². The van der Waals surface area contributed by atoms with Gasteiger partial charge in [-0.3, -0.25) is 14.8 Å². The number of tetrazole rings is 2. The molecule has 0 bridgehead atoms. The standard InChI is InChI=1S/C20H19F4N5O3.C18H17F4N5O2/c1-2-32-18(30)8-4-13-3-7-17(25-10-13)20(23,24)19(31,11-29-12-26-27-28-29)15-6-5-14(21)9-16(15)22;19-13-4-5-14(15(20)8-13)17(29,10-27-11-24-25-26-27)18(21,22)16-6-3-12(9-23-16)2-1-7-28/h3,5-7,9-10,12,31H,2,4,8,11H2,1H3;3-6,8-9,11,28-29H,1-2,7,10H2. The van der Waals surface area contributed by atoms with E-state index in [2.05, 4.69) is 41.0 Å². The molecule has 2 atom stereocenters. The summed E-state index contributed by atoms with van der Waals surface area (Å²) in [5, 5.41) is 51.1. The van der Waals surface area contributed by atoms with E-state index in [4.69, 9.17) is 9.84 Å². The zero-order valence-corrected chi connectivity index (χ0v) is 31.9. The number of benzene rings is 2. The van der Waals surface area contributed by atoms with Crippen molar-refractivity contribution in [2.75, 3.05) is 13.2 Å². The van der Waals surface area contributed by atoms with Crippen molar-refractivity contribution >= 4 is 5.97 Å². The lowest BCUT2D eigenvalue weighted by molar-refractivity contribution is -0.207. The van der Waals surface area contributed by atoms with Crippen molar-refractivity contribution < 1.29 is 60.0 Å². The minimum Gasteiger partial charge on any atom is -0.466 e. The number of alkyl halides is 4. The van der Waals surface area contributed by atoms with Gasteiger partial charge in [-0.1, -0.05) is 12.1 Å². The normalized spacial score (nSPS) is 13.8. The summed E-state index contributed by atoms with van der Waals surface area (Å²) >= 11 is 0. The van der Waals surface area contributed by atoms with Gasteiger partial charge in [0.05, 0.1) is 19.7 Å². The molecule has 23 heteroatoms.